The number of Topliss-reactive ketones (excluding diaryl/α,β-unsaturated/α-hetero) is 1. The zero-order valence-electron chi connectivity index (χ0n) is 16.9. The summed E-state index contributed by atoms with van der Waals surface area (Å²) < 4.78 is 13.4. The van der Waals surface area contributed by atoms with Crippen molar-refractivity contribution in [3.63, 3.8) is 0 Å². The van der Waals surface area contributed by atoms with Crippen LogP contribution in [0.25, 0.3) is 11.3 Å². The Morgan fingerprint density at radius 1 is 1.26 bits per heavy atom. The van der Waals surface area contributed by atoms with Gasteiger partial charge in [0.25, 0.3) is 0 Å². The van der Waals surface area contributed by atoms with Gasteiger partial charge in [-0.1, -0.05) is 23.7 Å². The molecule has 1 aliphatic heterocycles. The van der Waals surface area contributed by atoms with Gasteiger partial charge < -0.3 is 10.6 Å². The first-order valence-corrected chi connectivity index (χ1v) is 10.6. The number of nitrogens with zero attached hydrogens (tertiary/aromatic N) is 3. The molecule has 160 valence electrons. The molecule has 0 bridgehead atoms. The molecule has 0 saturated carbocycles. The molecule has 1 fully saturated rings. The van der Waals surface area contributed by atoms with Crippen LogP contribution in [-0.4, -0.2) is 33.8 Å². The van der Waals surface area contributed by atoms with Crippen molar-refractivity contribution in [1.29, 1.82) is 0 Å². The Bertz CT molecular complexity index is 1070. The van der Waals surface area contributed by atoms with E-state index in [1.165, 1.54) is 12.1 Å². The molecule has 3 aromatic rings. The summed E-state index contributed by atoms with van der Waals surface area (Å²) in [5, 5.41) is 6.86. The van der Waals surface area contributed by atoms with Gasteiger partial charge in [-0.25, -0.2) is 9.37 Å². The summed E-state index contributed by atoms with van der Waals surface area (Å²) in [6, 6.07) is 8.17. The monoisotopic (exact) mass is 439 g/mol. The normalized spacial score (nSPS) is 16.1. The van der Waals surface area contributed by atoms with Gasteiger partial charge in [-0.2, -0.15) is 0 Å². The topological polar surface area (TPSA) is 79.8 Å². The first kappa shape index (κ1) is 21.3. The smallest absolute Gasteiger partial charge is 0.145 e. The number of halogens is 2. The van der Waals surface area contributed by atoms with Gasteiger partial charge >= 0.3 is 0 Å². The van der Waals surface area contributed by atoms with Crippen molar-refractivity contribution in [3.05, 3.63) is 71.0 Å². The molecule has 1 aliphatic rings. The molecule has 6 nitrogen and oxygen atoms in total. The van der Waals surface area contributed by atoms with Gasteiger partial charge in [0.05, 0.1) is 23.1 Å². The third kappa shape index (κ3) is 5.62. The molecule has 4 rings (SSSR count). The second-order valence-electron chi connectivity index (χ2n) is 7.61. The summed E-state index contributed by atoms with van der Waals surface area (Å²) in [4.78, 5) is 25.8. The van der Waals surface area contributed by atoms with E-state index in [9.17, 15) is 9.18 Å². The summed E-state index contributed by atoms with van der Waals surface area (Å²) in [6.45, 7) is 2.11. The second kappa shape index (κ2) is 9.94. The molecule has 31 heavy (non-hydrogen) atoms. The predicted octanol–water partition coefficient (Wildman–Crippen LogP) is 4.05. The van der Waals surface area contributed by atoms with Crippen molar-refractivity contribution in [2.75, 3.05) is 18.4 Å². The first-order valence-electron chi connectivity index (χ1n) is 10.3. The fourth-order valence-electron chi connectivity index (χ4n) is 3.64. The number of aromatic nitrogens is 3. The molecular weight excluding hydrogens is 417 g/mol. The zero-order valence-corrected chi connectivity index (χ0v) is 17.7. The SMILES string of the molecule is O=C(Cc1cc(-c2cncc(NCc3cccc(F)c3)n2)c(Cl)cn1)[C@H]1CCCNC1. The number of carbonyl (C=O) groups is 1. The number of hydrogen-bond acceptors (Lipinski definition) is 6. The minimum Gasteiger partial charge on any atom is -0.365 e. The van der Waals surface area contributed by atoms with Crippen LogP contribution in [0.15, 0.2) is 48.9 Å². The zero-order chi connectivity index (χ0) is 21.6. The van der Waals surface area contributed by atoms with Crippen LogP contribution in [-0.2, 0) is 17.8 Å². The summed E-state index contributed by atoms with van der Waals surface area (Å²) in [5.41, 5.74) is 2.70. The molecular formula is C23H23ClFN5O. The van der Waals surface area contributed by atoms with Crippen LogP contribution in [0.3, 0.4) is 0 Å². The lowest BCUT2D eigenvalue weighted by atomic mass is 9.92. The molecule has 0 radical (unpaired) electrons. The maximum Gasteiger partial charge on any atom is 0.145 e. The minimum atomic E-state index is -0.284. The summed E-state index contributed by atoms with van der Waals surface area (Å²) in [7, 11) is 0. The van der Waals surface area contributed by atoms with Crippen LogP contribution in [0.1, 0.15) is 24.1 Å². The lowest BCUT2D eigenvalue weighted by Crippen LogP contribution is -2.35. The van der Waals surface area contributed by atoms with Crippen LogP contribution < -0.4 is 10.6 Å². The van der Waals surface area contributed by atoms with Gasteiger partial charge in [0, 0.05) is 42.9 Å². The van der Waals surface area contributed by atoms with Gasteiger partial charge in [0.1, 0.15) is 17.4 Å². The number of hydrogen-bond donors (Lipinski definition) is 2. The average molecular weight is 440 g/mol. The molecule has 2 aromatic heterocycles. The van der Waals surface area contributed by atoms with E-state index in [0.717, 1.165) is 31.5 Å². The van der Waals surface area contributed by atoms with Crippen LogP contribution in [0.2, 0.25) is 5.02 Å². The van der Waals surface area contributed by atoms with Crippen molar-refractivity contribution in [2.24, 2.45) is 5.92 Å². The molecule has 3 heterocycles. The molecule has 0 aliphatic carbocycles. The van der Waals surface area contributed by atoms with Crippen molar-refractivity contribution in [2.45, 2.75) is 25.8 Å². The van der Waals surface area contributed by atoms with Crippen molar-refractivity contribution >= 4 is 23.2 Å². The van der Waals surface area contributed by atoms with E-state index in [2.05, 4.69) is 25.6 Å². The lowest BCUT2D eigenvalue weighted by molar-refractivity contribution is -0.122. The van der Waals surface area contributed by atoms with Crippen molar-refractivity contribution in [1.82, 2.24) is 20.3 Å². The molecule has 1 aromatic carbocycles. The molecule has 8 heteroatoms. The number of rotatable bonds is 7. The van der Waals surface area contributed by atoms with E-state index in [0.29, 0.717) is 34.3 Å². The summed E-state index contributed by atoms with van der Waals surface area (Å²) in [6.07, 6.45) is 6.95. The van der Waals surface area contributed by atoms with Gasteiger partial charge in [-0.3, -0.25) is 14.8 Å². The summed E-state index contributed by atoms with van der Waals surface area (Å²) >= 11 is 6.37. The molecule has 1 atom stereocenters. The highest BCUT2D eigenvalue weighted by Crippen LogP contribution is 2.27. The third-order valence-corrected chi connectivity index (χ3v) is 5.59. The van der Waals surface area contributed by atoms with Gasteiger partial charge in [-0.05, 0) is 43.1 Å². The van der Waals surface area contributed by atoms with E-state index in [4.69, 9.17) is 11.6 Å². The Kier molecular flexibility index (Phi) is 6.84. The predicted molar refractivity (Wildman–Crippen MR) is 118 cm³/mol. The fraction of sp³-hybridized carbons (Fsp3) is 0.304. The number of nitrogens with one attached hydrogen (secondary N) is 2. The quantitative estimate of drug-likeness (QED) is 0.578. The number of piperidine rings is 1. The highest BCUT2D eigenvalue weighted by atomic mass is 35.5. The molecule has 2 N–H and O–H groups in total. The summed E-state index contributed by atoms with van der Waals surface area (Å²) in [5.74, 6) is 0.476. The van der Waals surface area contributed by atoms with Gasteiger partial charge in [0.2, 0.25) is 0 Å². The van der Waals surface area contributed by atoms with Crippen molar-refractivity contribution in [3.8, 4) is 11.3 Å². The largest absolute Gasteiger partial charge is 0.365 e. The number of pyridine rings is 1. The van der Waals surface area contributed by atoms with Crippen molar-refractivity contribution < 1.29 is 9.18 Å². The number of benzene rings is 1. The minimum absolute atomic E-state index is 0.0322. The Morgan fingerprint density at radius 3 is 2.97 bits per heavy atom. The highest BCUT2D eigenvalue weighted by molar-refractivity contribution is 6.33. The van der Waals surface area contributed by atoms with E-state index >= 15 is 0 Å². The van der Waals surface area contributed by atoms with Crippen LogP contribution in [0, 0.1) is 11.7 Å². The first-order chi connectivity index (χ1) is 15.1. The third-order valence-electron chi connectivity index (χ3n) is 5.29. The van der Waals surface area contributed by atoms with Crippen LogP contribution >= 0.6 is 11.6 Å². The molecule has 0 unspecified atom stereocenters. The molecule has 1 saturated heterocycles. The Labute approximate surface area is 185 Å². The van der Waals surface area contributed by atoms with Gasteiger partial charge in [-0.15, -0.1) is 0 Å². The van der Waals surface area contributed by atoms with Gasteiger partial charge in [0.15, 0.2) is 0 Å². The standard InChI is InChI=1S/C23H23ClFN5O/c24-20-12-28-18(9-22(31)16-4-2-6-26-11-16)8-19(20)21-13-27-14-23(30-21)29-10-15-3-1-5-17(25)7-15/h1,3,5,7-8,12-14,16,26H,2,4,6,9-11H2,(H,29,30)/t16-/m0/s1. The Balaban J connectivity index is 1.48. The Morgan fingerprint density at radius 2 is 2.16 bits per heavy atom. The maximum atomic E-state index is 13.4. The number of ketones is 1. The Hall–Kier alpha value is -2.90. The van der Waals surface area contributed by atoms with Crippen LogP contribution in [0.5, 0.6) is 0 Å². The van der Waals surface area contributed by atoms with Crippen LogP contribution in [0.4, 0.5) is 10.2 Å². The number of anilines is 1. The molecule has 0 spiro atoms. The maximum absolute atomic E-state index is 13.4. The van der Waals surface area contributed by atoms with E-state index in [-0.39, 0.29) is 23.9 Å². The van der Waals surface area contributed by atoms with E-state index < -0.39 is 0 Å². The fourth-order valence-corrected chi connectivity index (χ4v) is 3.85. The highest BCUT2D eigenvalue weighted by Gasteiger charge is 2.21. The number of carbonyl (C=O) groups excluding carboxylic acids is 1. The average Bonchev–Trinajstić information content (AvgIpc) is 2.80. The van der Waals surface area contributed by atoms with E-state index in [1.807, 2.05) is 6.07 Å². The second-order valence-corrected chi connectivity index (χ2v) is 8.02. The van der Waals surface area contributed by atoms with E-state index in [1.54, 1.807) is 30.7 Å². The lowest BCUT2D eigenvalue weighted by Gasteiger charge is -2.21. The molecule has 0 amide bonds.